The lowest BCUT2D eigenvalue weighted by molar-refractivity contribution is 0.0953. The maximum atomic E-state index is 13.3. The molecule has 1 amide bonds. The second kappa shape index (κ2) is 11.4. The molecule has 2 aromatic carbocycles. The second-order valence-corrected chi connectivity index (χ2v) is 11.5. The molecule has 0 bridgehead atoms. The number of nitrogens with zero attached hydrogens (tertiary/aromatic N) is 2. The van der Waals surface area contributed by atoms with Crippen molar-refractivity contribution in [3.8, 4) is 11.5 Å². The predicted octanol–water partition coefficient (Wildman–Crippen LogP) is 3.50. The Bertz CT molecular complexity index is 1230. The van der Waals surface area contributed by atoms with Crippen LogP contribution in [0.2, 0.25) is 0 Å². The first-order valence-corrected chi connectivity index (χ1v) is 14.2. The van der Waals surface area contributed by atoms with Crippen molar-refractivity contribution in [1.82, 2.24) is 14.5 Å². The number of carbonyl (C=O) groups is 1. The van der Waals surface area contributed by atoms with Gasteiger partial charge in [0, 0.05) is 24.7 Å². The van der Waals surface area contributed by atoms with Crippen LogP contribution in [0.25, 0.3) is 0 Å². The van der Waals surface area contributed by atoms with Crippen molar-refractivity contribution in [2.24, 2.45) is 5.92 Å². The normalized spacial score (nSPS) is 20.1. The zero-order valence-electron chi connectivity index (χ0n) is 21.7. The Labute approximate surface area is 219 Å². The Morgan fingerprint density at radius 3 is 2.41 bits per heavy atom. The Balaban J connectivity index is 1.34. The van der Waals surface area contributed by atoms with Crippen molar-refractivity contribution in [3.63, 3.8) is 0 Å². The standard InChI is InChI=1S/C27H36N4O5S/c1-19-6-4-5-7-23(19)30-16-17-31(27(30)28)37(33,34)22-11-8-20(9-12-22)14-15-29-26(32)21-10-13-24(35-2)25(18-21)36-3/h8-13,18-19,23,28H,4-7,14-17H2,1-3H3,(H,29,32). The predicted molar refractivity (Wildman–Crippen MR) is 142 cm³/mol. The molecular weight excluding hydrogens is 492 g/mol. The van der Waals surface area contributed by atoms with Gasteiger partial charge in [-0.05, 0) is 61.1 Å². The molecule has 1 aliphatic heterocycles. The molecule has 200 valence electrons. The maximum Gasteiger partial charge on any atom is 0.266 e. The van der Waals surface area contributed by atoms with E-state index in [0.29, 0.717) is 49.0 Å². The van der Waals surface area contributed by atoms with Gasteiger partial charge in [-0.3, -0.25) is 10.2 Å². The van der Waals surface area contributed by atoms with Gasteiger partial charge in [0.25, 0.3) is 15.9 Å². The minimum absolute atomic E-state index is 0.0840. The van der Waals surface area contributed by atoms with Gasteiger partial charge in [-0.15, -0.1) is 0 Å². The van der Waals surface area contributed by atoms with Crippen LogP contribution in [-0.2, 0) is 16.4 Å². The first kappa shape index (κ1) is 26.8. The average Bonchev–Trinajstić information content (AvgIpc) is 3.30. The molecule has 10 heteroatoms. The summed E-state index contributed by atoms with van der Waals surface area (Å²) in [7, 11) is -0.746. The Morgan fingerprint density at radius 1 is 1.03 bits per heavy atom. The molecule has 2 fully saturated rings. The van der Waals surface area contributed by atoms with E-state index in [1.807, 2.05) is 4.90 Å². The van der Waals surface area contributed by atoms with Gasteiger partial charge >= 0.3 is 0 Å². The molecule has 2 N–H and O–H groups in total. The third-order valence-corrected chi connectivity index (χ3v) is 9.18. The third-order valence-electron chi connectivity index (χ3n) is 7.38. The molecule has 2 aliphatic rings. The molecule has 2 unspecified atom stereocenters. The molecule has 37 heavy (non-hydrogen) atoms. The van der Waals surface area contributed by atoms with E-state index < -0.39 is 10.0 Å². The molecule has 0 aromatic heterocycles. The fraction of sp³-hybridized carbons (Fsp3) is 0.481. The summed E-state index contributed by atoms with van der Waals surface area (Å²) in [5.41, 5.74) is 1.37. The molecule has 0 radical (unpaired) electrons. The lowest BCUT2D eigenvalue weighted by atomic mass is 9.85. The number of benzene rings is 2. The van der Waals surface area contributed by atoms with E-state index in [0.717, 1.165) is 24.8 Å². The van der Waals surface area contributed by atoms with Gasteiger partial charge in [0.05, 0.1) is 25.7 Å². The van der Waals surface area contributed by atoms with Crippen LogP contribution in [0.3, 0.4) is 0 Å². The lowest BCUT2D eigenvalue weighted by Crippen LogP contribution is -2.45. The molecule has 2 aromatic rings. The highest BCUT2D eigenvalue weighted by Crippen LogP contribution is 2.32. The summed E-state index contributed by atoms with van der Waals surface area (Å²) < 4.78 is 38.3. The fourth-order valence-corrected chi connectivity index (χ4v) is 6.61. The summed E-state index contributed by atoms with van der Waals surface area (Å²) in [6.45, 7) is 3.45. The molecule has 1 heterocycles. The van der Waals surface area contributed by atoms with Crippen LogP contribution in [0.1, 0.15) is 48.5 Å². The van der Waals surface area contributed by atoms with Crippen molar-refractivity contribution in [3.05, 3.63) is 53.6 Å². The van der Waals surface area contributed by atoms with Crippen LogP contribution in [0, 0.1) is 11.3 Å². The third kappa shape index (κ3) is 5.69. The number of nitrogens with one attached hydrogen (secondary N) is 2. The van der Waals surface area contributed by atoms with E-state index >= 15 is 0 Å². The van der Waals surface area contributed by atoms with Gasteiger partial charge in [-0.25, -0.2) is 12.7 Å². The smallest absolute Gasteiger partial charge is 0.266 e. The number of guanidine groups is 1. The van der Waals surface area contributed by atoms with Gasteiger partial charge in [-0.2, -0.15) is 0 Å². The highest BCUT2D eigenvalue weighted by Gasteiger charge is 2.40. The van der Waals surface area contributed by atoms with E-state index in [9.17, 15) is 13.2 Å². The average molecular weight is 529 g/mol. The number of sulfonamides is 1. The number of carbonyl (C=O) groups excluding carboxylic acids is 1. The molecule has 1 saturated carbocycles. The van der Waals surface area contributed by atoms with Crippen molar-refractivity contribution < 1.29 is 22.7 Å². The van der Waals surface area contributed by atoms with Gasteiger partial charge in [-0.1, -0.05) is 31.9 Å². The molecular formula is C27H36N4O5S. The number of rotatable bonds is 9. The molecule has 4 rings (SSSR count). The Hall–Kier alpha value is -3.27. The van der Waals surface area contributed by atoms with Crippen molar-refractivity contribution in [1.29, 1.82) is 5.41 Å². The van der Waals surface area contributed by atoms with E-state index in [-0.39, 0.29) is 22.8 Å². The number of amides is 1. The molecule has 9 nitrogen and oxygen atoms in total. The van der Waals surface area contributed by atoms with Crippen LogP contribution in [0.15, 0.2) is 47.4 Å². The van der Waals surface area contributed by atoms with Crippen molar-refractivity contribution in [2.45, 2.75) is 50.0 Å². The molecule has 2 atom stereocenters. The summed E-state index contributed by atoms with van der Waals surface area (Å²) in [4.78, 5) is 14.7. The molecule has 0 spiro atoms. The first-order valence-electron chi connectivity index (χ1n) is 12.7. The van der Waals surface area contributed by atoms with Crippen molar-refractivity contribution in [2.75, 3.05) is 33.9 Å². The van der Waals surface area contributed by atoms with Crippen LogP contribution >= 0.6 is 0 Å². The first-order chi connectivity index (χ1) is 17.8. The SMILES string of the molecule is COc1ccc(C(=O)NCCc2ccc(S(=O)(=O)N3CCN(C4CCCCC4C)C3=N)cc2)cc1OC. The lowest BCUT2D eigenvalue weighted by Gasteiger charge is -2.37. The number of hydrogen-bond donors (Lipinski definition) is 2. The maximum absolute atomic E-state index is 13.3. The monoisotopic (exact) mass is 528 g/mol. The topological polar surface area (TPSA) is 112 Å². The zero-order valence-corrected chi connectivity index (χ0v) is 22.5. The fourth-order valence-electron chi connectivity index (χ4n) is 5.23. The Kier molecular flexibility index (Phi) is 8.26. The van der Waals surface area contributed by atoms with Gasteiger partial charge in [0.1, 0.15) is 0 Å². The minimum atomic E-state index is -3.80. The number of methoxy groups -OCH3 is 2. The zero-order chi connectivity index (χ0) is 26.6. The van der Waals surface area contributed by atoms with Crippen LogP contribution in [0.5, 0.6) is 11.5 Å². The number of hydrogen-bond acceptors (Lipinski definition) is 6. The number of ether oxygens (including phenoxy) is 2. The summed E-state index contributed by atoms with van der Waals surface area (Å²) >= 11 is 0. The summed E-state index contributed by atoms with van der Waals surface area (Å²) in [6.07, 6.45) is 5.01. The second-order valence-electron chi connectivity index (χ2n) is 9.64. The van der Waals surface area contributed by atoms with E-state index in [1.165, 1.54) is 24.9 Å². The van der Waals surface area contributed by atoms with Crippen LogP contribution in [-0.4, -0.2) is 69.4 Å². The van der Waals surface area contributed by atoms with E-state index in [4.69, 9.17) is 14.9 Å². The van der Waals surface area contributed by atoms with Gasteiger partial charge in [0.15, 0.2) is 11.5 Å². The summed E-state index contributed by atoms with van der Waals surface area (Å²) in [6, 6.07) is 11.9. The largest absolute Gasteiger partial charge is 0.493 e. The van der Waals surface area contributed by atoms with E-state index in [1.54, 1.807) is 42.5 Å². The van der Waals surface area contributed by atoms with Crippen LogP contribution in [0.4, 0.5) is 0 Å². The van der Waals surface area contributed by atoms with E-state index in [2.05, 4.69) is 12.2 Å². The molecule has 1 aliphatic carbocycles. The highest BCUT2D eigenvalue weighted by atomic mass is 32.2. The van der Waals surface area contributed by atoms with Crippen LogP contribution < -0.4 is 14.8 Å². The van der Waals surface area contributed by atoms with Crippen molar-refractivity contribution >= 4 is 21.9 Å². The summed E-state index contributed by atoms with van der Waals surface area (Å²) in [5.74, 6) is 1.34. The Morgan fingerprint density at radius 2 is 1.73 bits per heavy atom. The van der Waals surface area contributed by atoms with Gasteiger partial charge < -0.3 is 19.7 Å². The molecule has 1 saturated heterocycles. The highest BCUT2D eigenvalue weighted by molar-refractivity contribution is 7.89. The summed E-state index contributed by atoms with van der Waals surface area (Å²) in [5, 5.41) is 11.5. The van der Waals surface area contributed by atoms with Gasteiger partial charge in [0.2, 0.25) is 5.96 Å². The minimum Gasteiger partial charge on any atom is -0.493 e. The quantitative estimate of drug-likeness (QED) is 0.515.